The molecule has 0 spiro atoms. The summed E-state index contributed by atoms with van der Waals surface area (Å²) < 4.78 is 61.2. The van der Waals surface area contributed by atoms with Gasteiger partial charge in [-0.25, -0.2) is 4.99 Å². The molecule has 2 aromatic rings. The van der Waals surface area contributed by atoms with Gasteiger partial charge in [0.05, 0.1) is 5.56 Å². The first-order valence-corrected chi connectivity index (χ1v) is 10.3. The average molecular weight is 431 g/mol. The Morgan fingerprint density at radius 3 is 2.54 bits per heavy atom. The zero-order valence-electron chi connectivity index (χ0n) is 13.9. The number of alkyl halides is 3. The van der Waals surface area contributed by atoms with Gasteiger partial charge in [-0.3, -0.25) is 9.52 Å². The smallest absolute Gasteiger partial charge is 0.374 e. The van der Waals surface area contributed by atoms with Crippen molar-refractivity contribution < 1.29 is 31.5 Å². The molecule has 1 atom stereocenters. The van der Waals surface area contributed by atoms with Gasteiger partial charge in [-0.1, -0.05) is 0 Å². The number of fused-ring (bicyclic) bond motifs is 2. The zero-order chi connectivity index (χ0) is 20.3. The number of aliphatic imine (C=N–C) groups is 1. The Bertz CT molecular complexity index is 1090. The van der Waals surface area contributed by atoms with Gasteiger partial charge in [-0.2, -0.15) is 21.6 Å². The van der Waals surface area contributed by atoms with Crippen molar-refractivity contribution in [2.75, 3.05) is 16.2 Å². The molecule has 3 heterocycles. The van der Waals surface area contributed by atoms with E-state index in [9.17, 15) is 31.5 Å². The molecule has 2 N–H and O–H groups in total. The minimum atomic E-state index is -5.52. The largest absolute Gasteiger partial charge is 0.516 e. The summed E-state index contributed by atoms with van der Waals surface area (Å²) in [6.45, 7) is 0.267. The Morgan fingerprint density at radius 2 is 1.89 bits per heavy atom. The summed E-state index contributed by atoms with van der Waals surface area (Å²) in [5.74, 6) is -0.290. The Morgan fingerprint density at radius 1 is 1.21 bits per heavy atom. The van der Waals surface area contributed by atoms with Gasteiger partial charge in [0.25, 0.3) is 0 Å². The lowest BCUT2D eigenvalue weighted by atomic mass is 9.90. The molecule has 2 aliphatic heterocycles. The highest BCUT2D eigenvalue weighted by Crippen LogP contribution is 2.41. The topological polar surface area (TPSA) is 99.1 Å². The lowest BCUT2D eigenvalue weighted by Gasteiger charge is -2.28. The van der Waals surface area contributed by atoms with Gasteiger partial charge >= 0.3 is 15.5 Å². The molecule has 0 radical (unpaired) electrons. The molecule has 2 aliphatic rings. The number of nitrogens with zero attached hydrogens (tertiary/aromatic N) is 2. The van der Waals surface area contributed by atoms with E-state index in [4.69, 9.17) is 0 Å². The number of hydrogen-bond acceptors (Lipinski definition) is 7. The van der Waals surface area contributed by atoms with E-state index in [1.807, 2.05) is 0 Å². The Balaban J connectivity index is 1.64. The van der Waals surface area contributed by atoms with E-state index >= 15 is 0 Å². The standard InChI is InChI=1S/C16H12F3N3O4S2/c17-16(18,19)28(25,26)21-9-1-3-10(4-2-9)22-7-6-15(24)12(23)11-5-8-27-13(11)20-14(15)22/h1-5,8,21,24H,6-7H2. The molecule has 0 amide bonds. The van der Waals surface area contributed by atoms with Crippen LogP contribution in [0.15, 0.2) is 40.7 Å². The third kappa shape index (κ3) is 2.79. The molecule has 1 aromatic heterocycles. The lowest BCUT2D eigenvalue weighted by Crippen LogP contribution is -2.48. The predicted octanol–water partition coefficient (Wildman–Crippen LogP) is 2.88. The van der Waals surface area contributed by atoms with Gasteiger partial charge in [-0.05, 0) is 35.7 Å². The van der Waals surface area contributed by atoms with Gasteiger partial charge < -0.3 is 10.0 Å². The van der Waals surface area contributed by atoms with Crippen molar-refractivity contribution in [3.8, 4) is 0 Å². The fraction of sp³-hybridized carbons (Fsp3) is 0.250. The number of Topliss-reactive ketones (excluding diaryl/α,β-unsaturated/α-hetero) is 1. The number of carbonyl (C=O) groups is 1. The van der Waals surface area contributed by atoms with Gasteiger partial charge in [0.2, 0.25) is 5.78 Å². The lowest BCUT2D eigenvalue weighted by molar-refractivity contribution is -0.0429. The highest BCUT2D eigenvalue weighted by molar-refractivity contribution is 7.93. The molecule has 1 saturated heterocycles. The molecule has 0 bridgehead atoms. The van der Waals surface area contributed by atoms with Gasteiger partial charge in [-0.15, -0.1) is 11.3 Å². The molecular formula is C16H12F3N3O4S2. The molecular weight excluding hydrogens is 419 g/mol. The van der Waals surface area contributed by atoms with Crippen molar-refractivity contribution in [3.63, 3.8) is 0 Å². The maximum atomic E-state index is 12.6. The number of thiophene rings is 1. The van der Waals surface area contributed by atoms with Crippen molar-refractivity contribution >= 4 is 49.4 Å². The van der Waals surface area contributed by atoms with Crippen LogP contribution in [0.4, 0.5) is 29.5 Å². The number of benzene rings is 1. The fourth-order valence-electron chi connectivity index (χ4n) is 3.14. The summed E-state index contributed by atoms with van der Waals surface area (Å²) in [4.78, 5) is 18.6. The summed E-state index contributed by atoms with van der Waals surface area (Å²) in [6.07, 6.45) is 0.113. The molecule has 7 nitrogen and oxygen atoms in total. The van der Waals surface area contributed by atoms with Crippen LogP contribution in [-0.2, 0) is 10.0 Å². The van der Waals surface area contributed by atoms with Crippen LogP contribution in [0.25, 0.3) is 0 Å². The second-order valence-electron chi connectivity index (χ2n) is 6.26. The maximum Gasteiger partial charge on any atom is 0.516 e. The zero-order valence-corrected chi connectivity index (χ0v) is 15.5. The summed E-state index contributed by atoms with van der Waals surface area (Å²) in [7, 11) is -5.52. The third-order valence-electron chi connectivity index (χ3n) is 4.53. The first-order valence-electron chi connectivity index (χ1n) is 7.93. The maximum absolute atomic E-state index is 12.6. The average Bonchev–Trinajstić information content (AvgIpc) is 3.20. The predicted molar refractivity (Wildman–Crippen MR) is 97.7 cm³/mol. The molecule has 1 fully saturated rings. The van der Waals surface area contributed by atoms with Gasteiger partial charge in [0.15, 0.2) is 11.4 Å². The van der Waals surface area contributed by atoms with Crippen molar-refractivity contribution in [1.82, 2.24) is 0 Å². The summed E-state index contributed by atoms with van der Waals surface area (Å²) in [6, 6.07) is 6.70. The number of amidine groups is 1. The van der Waals surface area contributed by atoms with E-state index in [1.165, 1.54) is 28.2 Å². The van der Waals surface area contributed by atoms with Crippen LogP contribution in [0.2, 0.25) is 0 Å². The van der Waals surface area contributed by atoms with Crippen LogP contribution in [0.1, 0.15) is 16.8 Å². The highest BCUT2D eigenvalue weighted by Gasteiger charge is 2.52. The van der Waals surface area contributed by atoms with Crippen molar-refractivity contribution in [2.24, 2.45) is 4.99 Å². The Hall–Kier alpha value is -2.44. The monoisotopic (exact) mass is 431 g/mol. The number of nitrogens with one attached hydrogen (secondary N) is 1. The first kappa shape index (κ1) is 18.9. The van der Waals surface area contributed by atoms with Crippen LogP contribution >= 0.6 is 11.3 Å². The quantitative estimate of drug-likeness (QED) is 0.779. The second-order valence-corrected chi connectivity index (χ2v) is 8.83. The Labute approximate surface area is 161 Å². The van der Waals surface area contributed by atoms with Gasteiger partial charge in [0.1, 0.15) is 5.00 Å². The second kappa shape index (κ2) is 6.03. The van der Waals surface area contributed by atoms with E-state index < -0.39 is 26.9 Å². The van der Waals surface area contributed by atoms with Crippen molar-refractivity contribution in [1.29, 1.82) is 0 Å². The van der Waals surface area contributed by atoms with E-state index in [0.29, 0.717) is 16.3 Å². The van der Waals surface area contributed by atoms with Crippen LogP contribution in [-0.4, -0.2) is 42.8 Å². The number of carbonyl (C=O) groups excluding carboxylic acids is 1. The molecule has 148 valence electrons. The number of halogens is 3. The first-order chi connectivity index (χ1) is 13.0. The van der Waals surface area contributed by atoms with Crippen molar-refractivity contribution in [2.45, 2.75) is 17.5 Å². The SMILES string of the molecule is O=C1c2ccsc2N=C2N(c3ccc(NS(=O)(=O)C(F)(F)F)cc3)CCC12O. The number of rotatable bonds is 3. The molecule has 0 saturated carbocycles. The fourth-order valence-corrected chi connectivity index (χ4v) is 4.46. The minimum Gasteiger partial charge on any atom is -0.374 e. The molecule has 28 heavy (non-hydrogen) atoms. The van der Waals surface area contributed by atoms with E-state index in [2.05, 4.69) is 4.99 Å². The van der Waals surface area contributed by atoms with Gasteiger partial charge in [0, 0.05) is 24.3 Å². The molecule has 0 aliphatic carbocycles. The van der Waals surface area contributed by atoms with Crippen LogP contribution in [0.5, 0.6) is 0 Å². The number of hydrogen-bond donors (Lipinski definition) is 2. The van der Waals surface area contributed by atoms with E-state index in [-0.39, 0.29) is 24.5 Å². The summed E-state index contributed by atoms with van der Waals surface area (Å²) in [5.41, 5.74) is -6.64. The van der Waals surface area contributed by atoms with Crippen LogP contribution in [0.3, 0.4) is 0 Å². The number of anilines is 2. The van der Waals surface area contributed by atoms with Crippen LogP contribution < -0.4 is 9.62 Å². The third-order valence-corrected chi connectivity index (χ3v) is 6.45. The summed E-state index contributed by atoms with van der Waals surface area (Å²) in [5, 5.41) is 13.0. The number of ketones is 1. The van der Waals surface area contributed by atoms with Crippen LogP contribution in [0, 0.1) is 0 Å². The highest BCUT2D eigenvalue weighted by atomic mass is 32.2. The molecule has 4 rings (SSSR count). The normalized spacial score (nSPS) is 21.9. The number of sulfonamides is 1. The minimum absolute atomic E-state index is 0.113. The van der Waals surface area contributed by atoms with Crippen molar-refractivity contribution in [3.05, 3.63) is 41.3 Å². The van der Waals surface area contributed by atoms with E-state index in [1.54, 1.807) is 16.3 Å². The molecule has 1 unspecified atom stereocenters. The molecule has 1 aromatic carbocycles. The number of aliphatic hydroxyl groups is 1. The molecule has 12 heteroatoms. The van der Waals surface area contributed by atoms with E-state index in [0.717, 1.165) is 12.1 Å². The summed E-state index contributed by atoms with van der Waals surface area (Å²) >= 11 is 1.26. The Kier molecular flexibility index (Phi) is 4.07.